The lowest BCUT2D eigenvalue weighted by Gasteiger charge is -2.18. The first-order chi connectivity index (χ1) is 9.48. The van der Waals surface area contributed by atoms with E-state index in [0.717, 1.165) is 4.31 Å². The second-order valence-electron chi connectivity index (χ2n) is 4.10. The maximum absolute atomic E-state index is 12.4. The number of nitrogens with two attached hydrogens (primary N) is 1. The van der Waals surface area contributed by atoms with Gasteiger partial charge in [0, 0.05) is 13.1 Å². The Balaban J connectivity index is 2.37. The fraction of sp³-hybridized carbons (Fsp3) is 0.231. The molecule has 0 amide bonds. The second kappa shape index (κ2) is 5.56. The van der Waals surface area contributed by atoms with Crippen molar-refractivity contribution >= 4 is 15.7 Å². The van der Waals surface area contributed by atoms with Crippen molar-refractivity contribution in [3.63, 3.8) is 0 Å². The molecule has 1 heterocycles. The molecule has 1 aromatic carbocycles. The smallest absolute Gasteiger partial charge is 0.297 e. The first-order valence-electron chi connectivity index (χ1n) is 5.91. The van der Waals surface area contributed by atoms with Crippen molar-refractivity contribution in [3.8, 4) is 5.75 Å². The molecule has 6 nitrogen and oxygen atoms in total. The molecular formula is C13H16N2O4S. The van der Waals surface area contributed by atoms with Crippen LogP contribution in [0.5, 0.6) is 5.75 Å². The van der Waals surface area contributed by atoms with Crippen LogP contribution in [-0.4, -0.2) is 22.6 Å². The van der Waals surface area contributed by atoms with Gasteiger partial charge >= 0.3 is 0 Å². The Bertz CT molecular complexity index is 694. The van der Waals surface area contributed by atoms with Gasteiger partial charge in [0.15, 0.2) is 0 Å². The summed E-state index contributed by atoms with van der Waals surface area (Å²) < 4.78 is 36.3. The van der Waals surface area contributed by atoms with Gasteiger partial charge in [0.2, 0.25) is 5.09 Å². The summed E-state index contributed by atoms with van der Waals surface area (Å²) in [6, 6.07) is 9.70. The third kappa shape index (κ3) is 2.63. The minimum absolute atomic E-state index is 0.136. The molecule has 0 unspecified atom stereocenters. The maximum Gasteiger partial charge on any atom is 0.297 e. The number of anilines is 1. The van der Waals surface area contributed by atoms with E-state index in [1.54, 1.807) is 30.3 Å². The summed E-state index contributed by atoms with van der Waals surface area (Å²) >= 11 is 0. The maximum atomic E-state index is 12.4. The second-order valence-corrected chi connectivity index (χ2v) is 6.00. The Morgan fingerprint density at radius 2 is 2.05 bits per heavy atom. The molecule has 0 spiro atoms. The minimum atomic E-state index is -3.75. The Hall–Kier alpha value is -1.99. The average Bonchev–Trinajstić information content (AvgIpc) is 2.96. The predicted molar refractivity (Wildman–Crippen MR) is 75.2 cm³/mol. The van der Waals surface area contributed by atoms with Crippen LogP contribution in [0.1, 0.15) is 5.76 Å². The van der Waals surface area contributed by atoms with Crippen molar-refractivity contribution in [2.75, 3.05) is 18.5 Å². The van der Waals surface area contributed by atoms with Gasteiger partial charge in [0.1, 0.15) is 11.5 Å². The van der Waals surface area contributed by atoms with Crippen LogP contribution in [0.25, 0.3) is 0 Å². The summed E-state index contributed by atoms with van der Waals surface area (Å²) in [6.07, 6.45) is 0. The molecule has 0 radical (unpaired) electrons. The molecule has 1 aromatic heterocycles. The molecular weight excluding hydrogens is 280 g/mol. The largest absolute Gasteiger partial charge is 0.497 e. The topological polar surface area (TPSA) is 85.8 Å². The SMILES string of the molecule is COc1cccc(N(C)S(=O)(=O)c2ccc(CN)o2)c1. The molecule has 0 aliphatic heterocycles. The number of methoxy groups -OCH3 is 1. The molecule has 20 heavy (non-hydrogen) atoms. The normalized spacial score (nSPS) is 11.3. The van der Waals surface area contributed by atoms with Crippen LogP contribution in [0, 0.1) is 0 Å². The van der Waals surface area contributed by atoms with E-state index in [2.05, 4.69) is 0 Å². The zero-order valence-corrected chi connectivity index (χ0v) is 12.1. The number of nitrogens with zero attached hydrogens (tertiary/aromatic N) is 1. The summed E-state index contributed by atoms with van der Waals surface area (Å²) in [7, 11) is -0.776. The van der Waals surface area contributed by atoms with Crippen LogP contribution in [0.3, 0.4) is 0 Å². The summed E-state index contributed by atoms with van der Waals surface area (Å²) in [4.78, 5) is 0. The molecule has 108 valence electrons. The highest BCUT2D eigenvalue weighted by molar-refractivity contribution is 7.92. The molecule has 0 saturated carbocycles. The fourth-order valence-electron chi connectivity index (χ4n) is 1.69. The zero-order valence-electron chi connectivity index (χ0n) is 11.2. The van der Waals surface area contributed by atoms with E-state index in [0.29, 0.717) is 17.2 Å². The van der Waals surface area contributed by atoms with E-state index < -0.39 is 10.0 Å². The van der Waals surface area contributed by atoms with Crippen LogP contribution in [0.4, 0.5) is 5.69 Å². The van der Waals surface area contributed by atoms with Crippen LogP contribution in [0.15, 0.2) is 45.9 Å². The van der Waals surface area contributed by atoms with Gasteiger partial charge in [-0.05, 0) is 24.3 Å². The lowest BCUT2D eigenvalue weighted by atomic mass is 10.3. The van der Waals surface area contributed by atoms with Gasteiger partial charge in [-0.25, -0.2) is 0 Å². The van der Waals surface area contributed by atoms with E-state index in [1.165, 1.54) is 20.2 Å². The van der Waals surface area contributed by atoms with Gasteiger partial charge in [-0.15, -0.1) is 0 Å². The Labute approximate surface area is 117 Å². The highest BCUT2D eigenvalue weighted by Crippen LogP contribution is 2.26. The molecule has 2 rings (SSSR count). The van der Waals surface area contributed by atoms with Crippen LogP contribution in [-0.2, 0) is 16.6 Å². The Morgan fingerprint density at radius 3 is 2.65 bits per heavy atom. The Morgan fingerprint density at radius 1 is 1.30 bits per heavy atom. The molecule has 0 aliphatic rings. The molecule has 7 heteroatoms. The van der Waals surface area contributed by atoms with Gasteiger partial charge in [-0.2, -0.15) is 8.42 Å². The summed E-state index contributed by atoms with van der Waals surface area (Å²) in [5, 5.41) is -0.136. The van der Waals surface area contributed by atoms with Gasteiger partial charge in [-0.1, -0.05) is 6.07 Å². The molecule has 0 atom stereocenters. The minimum Gasteiger partial charge on any atom is -0.497 e. The number of sulfonamides is 1. The van der Waals surface area contributed by atoms with Crippen LogP contribution in [0.2, 0.25) is 0 Å². The molecule has 0 fully saturated rings. The van der Waals surface area contributed by atoms with Gasteiger partial charge in [0.05, 0.1) is 19.3 Å². The average molecular weight is 296 g/mol. The van der Waals surface area contributed by atoms with Crippen molar-refractivity contribution in [1.82, 2.24) is 0 Å². The lowest BCUT2D eigenvalue weighted by molar-refractivity contribution is 0.414. The molecule has 2 aromatic rings. The van der Waals surface area contributed by atoms with E-state index in [4.69, 9.17) is 14.9 Å². The third-order valence-electron chi connectivity index (χ3n) is 2.87. The molecule has 0 bridgehead atoms. The number of benzene rings is 1. The van der Waals surface area contributed by atoms with Gasteiger partial charge < -0.3 is 14.9 Å². The highest BCUT2D eigenvalue weighted by atomic mass is 32.2. The number of hydrogen-bond acceptors (Lipinski definition) is 5. The van der Waals surface area contributed by atoms with E-state index >= 15 is 0 Å². The van der Waals surface area contributed by atoms with Gasteiger partial charge in [-0.3, -0.25) is 4.31 Å². The summed E-state index contributed by atoms with van der Waals surface area (Å²) in [5.41, 5.74) is 5.89. The number of hydrogen-bond donors (Lipinski definition) is 1. The molecule has 2 N–H and O–H groups in total. The number of ether oxygens (including phenoxy) is 1. The quantitative estimate of drug-likeness (QED) is 0.905. The standard InChI is InChI=1S/C13H16N2O4S/c1-15(10-4-3-5-11(8-10)18-2)20(16,17)13-7-6-12(9-14)19-13/h3-8H,9,14H2,1-2H3. The van der Waals surface area contributed by atoms with E-state index in [9.17, 15) is 8.42 Å². The highest BCUT2D eigenvalue weighted by Gasteiger charge is 2.25. The summed E-state index contributed by atoms with van der Waals surface area (Å²) in [5.74, 6) is 0.995. The van der Waals surface area contributed by atoms with Crippen molar-refractivity contribution in [2.24, 2.45) is 5.73 Å². The summed E-state index contributed by atoms with van der Waals surface area (Å²) in [6.45, 7) is 0.151. The van der Waals surface area contributed by atoms with Gasteiger partial charge in [0.25, 0.3) is 10.0 Å². The lowest BCUT2D eigenvalue weighted by Crippen LogP contribution is -2.26. The molecule has 0 saturated heterocycles. The molecule has 0 aliphatic carbocycles. The fourth-order valence-corrected chi connectivity index (χ4v) is 2.80. The van der Waals surface area contributed by atoms with Crippen molar-refractivity contribution in [2.45, 2.75) is 11.6 Å². The van der Waals surface area contributed by atoms with Crippen LogP contribution >= 0.6 is 0 Å². The monoisotopic (exact) mass is 296 g/mol. The van der Waals surface area contributed by atoms with E-state index in [-0.39, 0.29) is 11.6 Å². The first kappa shape index (κ1) is 14.4. The predicted octanol–water partition coefficient (Wildman–Crippen LogP) is 1.57. The van der Waals surface area contributed by atoms with Crippen molar-refractivity contribution < 1.29 is 17.6 Å². The van der Waals surface area contributed by atoms with Crippen molar-refractivity contribution in [1.29, 1.82) is 0 Å². The number of rotatable bonds is 5. The Kier molecular flexibility index (Phi) is 4.01. The zero-order chi connectivity index (χ0) is 14.8. The van der Waals surface area contributed by atoms with E-state index in [1.807, 2.05) is 0 Å². The van der Waals surface area contributed by atoms with Crippen molar-refractivity contribution in [3.05, 3.63) is 42.2 Å². The number of furan rings is 1. The van der Waals surface area contributed by atoms with Crippen LogP contribution < -0.4 is 14.8 Å². The first-order valence-corrected chi connectivity index (χ1v) is 7.35. The third-order valence-corrected chi connectivity index (χ3v) is 4.53.